The molecule has 3 aliphatic carbocycles. The maximum atomic E-state index is 9.76. The minimum atomic E-state index is -0.0610. The Kier molecular flexibility index (Phi) is 2.29. The van der Waals surface area contributed by atoms with Gasteiger partial charge in [0.05, 0.1) is 6.10 Å². The smallest absolute Gasteiger partial charge is 0.0693 e. The van der Waals surface area contributed by atoms with Crippen LogP contribution in [0.4, 0.5) is 0 Å². The number of hydrogen-bond donors (Lipinski definition) is 2. The summed E-state index contributed by atoms with van der Waals surface area (Å²) in [6.45, 7) is 0. The minimum Gasteiger partial charge on any atom is -0.392 e. The summed E-state index contributed by atoms with van der Waals surface area (Å²) in [6.07, 6.45) is 9.09. The summed E-state index contributed by atoms with van der Waals surface area (Å²) in [5, 5.41) is 13.5. The van der Waals surface area contributed by atoms with E-state index in [1.165, 1.54) is 38.5 Å². The van der Waals surface area contributed by atoms with Gasteiger partial charge < -0.3 is 10.4 Å². The lowest BCUT2D eigenvalue weighted by Crippen LogP contribution is -2.44. The predicted molar refractivity (Wildman–Crippen MR) is 56.0 cm³/mol. The van der Waals surface area contributed by atoms with E-state index >= 15 is 0 Å². The van der Waals surface area contributed by atoms with Crippen molar-refractivity contribution in [3.8, 4) is 0 Å². The molecule has 2 heteroatoms. The first-order valence-electron chi connectivity index (χ1n) is 6.27. The van der Waals surface area contributed by atoms with Gasteiger partial charge in [-0.1, -0.05) is 6.42 Å². The number of aliphatic hydroxyl groups excluding tert-OH is 1. The van der Waals surface area contributed by atoms with Gasteiger partial charge in [0, 0.05) is 12.1 Å². The van der Waals surface area contributed by atoms with Crippen molar-refractivity contribution in [2.75, 3.05) is 0 Å². The van der Waals surface area contributed by atoms with Gasteiger partial charge in [0.1, 0.15) is 0 Å². The third-order valence-electron chi connectivity index (χ3n) is 4.65. The molecule has 3 aliphatic rings. The summed E-state index contributed by atoms with van der Waals surface area (Å²) in [4.78, 5) is 0. The van der Waals surface area contributed by atoms with Crippen LogP contribution in [0.5, 0.6) is 0 Å². The van der Waals surface area contributed by atoms with Gasteiger partial charge in [-0.2, -0.15) is 0 Å². The number of aliphatic hydroxyl groups is 1. The van der Waals surface area contributed by atoms with Gasteiger partial charge in [-0.05, 0) is 50.4 Å². The number of fused-ring (bicyclic) bond motifs is 2. The van der Waals surface area contributed by atoms with Gasteiger partial charge in [-0.15, -0.1) is 0 Å². The molecule has 0 aromatic carbocycles. The fourth-order valence-corrected chi connectivity index (χ4v) is 3.86. The second-order valence-corrected chi connectivity index (χ2v) is 5.55. The molecule has 3 rings (SSSR count). The van der Waals surface area contributed by atoms with Crippen LogP contribution < -0.4 is 5.32 Å². The minimum absolute atomic E-state index is 0.0610. The Balaban J connectivity index is 1.57. The normalized spacial score (nSPS) is 51.6. The van der Waals surface area contributed by atoms with Crippen molar-refractivity contribution in [2.45, 2.75) is 63.1 Å². The topological polar surface area (TPSA) is 32.3 Å². The average molecular weight is 195 g/mol. The van der Waals surface area contributed by atoms with Crippen LogP contribution in [0.3, 0.4) is 0 Å². The van der Waals surface area contributed by atoms with Crippen LogP contribution in [-0.4, -0.2) is 23.3 Å². The first kappa shape index (κ1) is 9.17. The van der Waals surface area contributed by atoms with Crippen molar-refractivity contribution < 1.29 is 5.11 Å². The predicted octanol–water partition coefficient (Wildman–Crippen LogP) is 1.68. The molecular formula is C12H21NO. The Morgan fingerprint density at radius 2 is 1.86 bits per heavy atom. The Morgan fingerprint density at radius 1 is 0.929 bits per heavy atom. The van der Waals surface area contributed by atoms with Crippen LogP contribution >= 0.6 is 0 Å². The molecule has 0 aromatic heterocycles. The summed E-state index contributed by atoms with van der Waals surface area (Å²) in [5.74, 6) is 1.95. The lowest BCUT2D eigenvalue weighted by Gasteiger charge is -2.28. The second-order valence-electron chi connectivity index (χ2n) is 5.55. The van der Waals surface area contributed by atoms with Crippen molar-refractivity contribution in [3.63, 3.8) is 0 Å². The summed E-state index contributed by atoms with van der Waals surface area (Å²) in [7, 11) is 0. The highest BCUT2D eigenvalue weighted by molar-refractivity contribution is 4.97. The van der Waals surface area contributed by atoms with Crippen molar-refractivity contribution in [1.29, 1.82) is 0 Å². The first-order valence-corrected chi connectivity index (χ1v) is 6.27. The monoisotopic (exact) mass is 195 g/mol. The molecule has 14 heavy (non-hydrogen) atoms. The third kappa shape index (κ3) is 1.49. The zero-order valence-corrected chi connectivity index (χ0v) is 8.78. The molecule has 3 fully saturated rings. The molecule has 0 heterocycles. The van der Waals surface area contributed by atoms with Gasteiger partial charge in [0.25, 0.3) is 0 Å². The maximum Gasteiger partial charge on any atom is 0.0693 e. The largest absolute Gasteiger partial charge is 0.392 e. The molecule has 80 valence electrons. The van der Waals surface area contributed by atoms with Crippen LogP contribution in [0.1, 0.15) is 44.9 Å². The number of nitrogens with one attached hydrogen (secondary N) is 1. The zero-order chi connectivity index (χ0) is 9.54. The molecule has 0 spiro atoms. The molecule has 2 bridgehead atoms. The second kappa shape index (κ2) is 3.49. The fraction of sp³-hybridized carbons (Fsp3) is 1.00. The molecule has 5 unspecified atom stereocenters. The van der Waals surface area contributed by atoms with E-state index in [1.54, 1.807) is 0 Å². The quantitative estimate of drug-likeness (QED) is 0.702. The maximum absolute atomic E-state index is 9.76. The van der Waals surface area contributed by atoms with E-state index in [9.17, 15) is 5.11 Å². The highest BCUT2D eigenvalue weighted by Crippen LogP contribution is 2.44. The summed E-state index contributed by atoms with van der Waals surface area (Å²) in [6, 6.07) is 1.16. The van der Waals surface area contributed by atoms with Gasteiger partial charge in [-0.3, -0.25) is 0 Å². The highest BCUT2D eigenvalue weighted by Gasteiger charge is 2.41. The molecule has 0 amide bonds. The van der Waals surface area contributed by atoms with Crippen LogP contribution in [0.25, 0.3) is 0 Å². The average Bonchev–Trinajstić information content (AvgIpc) is 2.83. The Bertz CT molecular complexity index is 218. The molecule has 2 nitrogen and oxygen atoms in total. The van der Waals surface area contributed by atoms with Crippen LogP contribution in [0, 0.1) is 11.8 Å². The molecule has 5 atom stereocenters. The Hall–Kier alpha value is -0.0800. The summed E-state index contributed by atoms with van der Waals surface area (Å²) in [5.41, 5.74) is 0. The molecule has 0 radical (unpaired) electrons. The summed E-state index contributed by atoms with van der Waals surface area (Å²) < 4.78 is 0. The number of rotatable bonds is 2. The van der Waals surface area contributed by atoms with E-state index in [2.05, 4.69) is 5.32 Å². The van der Waals surface area contributed by atoms with Gasteiger partial charge in [0.2, 0.25) is 0 Å². The fourth-order valence-electron chi connectivity index (χ4n) is 3.86. The van der Waals surface area contributed by atoms with Gasteiger partial charge in [-0.25, -0.2) is 0 Å². The third-order valence-corrected chi connectivity index (χ3v) is 4.65. The molecule has 2 N–H and O–H groups in total. The molecule has 0 aromatic rings. The lowest BCUT2D eigenvalue weighted by molar-refractivity contribution is 0.136. The first-order chi connectivity index (χ1) is 6.83. The molecule has 0 aliphatic heterocycles. The number of hydrogen-bond acceptors (Lipinski definition) is 2. The lowest BCUT2D eigenvalue weighted by atomic mass is 9.94. The standard InChI is InChI=1S/C12H21NO/c14-12-3-1-2-10(12)13-11-7-8-4-5-9(11)6-8/h8-14H,1-7H2. The molecule has 3 saturated carbocycles. The van der Waals surface area contributed by atoms with E-state index < -0.39 is 0 Å². The summed E-state index contributed by atoms with van der Waals surface area (Å²) >= 11 is 0. The highest BCUT2D eigenvalue weighted by atomic mass is 16.3. The van der Waals surface area contributed by atoms with Crippen LogP contribution in [0.2, 0.25) is 0 Å². The van der Waals surface area contributed by atoms with E-state index in [4.69, 9.17) is 0 Å². The van der Waals surface area contributed by atoms with Crippen molar-refractivity contribution >= 4 is 0 Å². The molecular weight excluding hydrogens is 174 g/mol. The van der Waals surface area contributed by atoms with Crippen molar-refractivity contribution in [1.82, 2.24) is 5.32 Å². The van der Waals surface area contributed by atoms with Crippen LogP contribution in [-0.2, 0) is 0 Å². The van der Waals surface area contributed by atoms with Crippen LogP contribution in [0.15, 0.2) is 0 Å². The van der Waals surface area contributed by atoms with Gasteiger partial charge in [0.15, 0.2) is 0 Å². The molecule has 0 saturated heterocycles. The van der Waals surface area contributed by atoms with Crippen molar-refractivity contribution in [3.05, 3.63) is 0 Å². The Labute approximate surface area is 86.1 Å². The van der Waals surface area contributed by atoms with E-state index in [1.807, 2.05) is 0 Å². The SMILES string of the molecule is OC1CCCC1NC1CC2CCC1C2. The zero-order valence-electron chi connectivity index (χ0n) is 8.78. The van der Waals surface area contributed by atoms with E-state index in [0.717, 1.165) is 24.3 Å². The van der Waals surface area contributed by atoms with E-state index in [0.29, 0.717) is 6.04 Å². The van der Waals surface area contributed by atoms with Gasteiger partial charge >= 0.3 is 0 Å². The Morgan fingerprint density at radius 3 is 2.43 bits per heavy atom. The van der Waals surface area contributed by atoms with Crippen molar-refractivity contribution in [2.24, 2.45) is 11.8 Å². The van der Waals surface area contributed by atoms with E-state index in [-0.39, 0.29) is 6.10 Å².